The molecule has 16 heavy (non-hydrogen) atoms. The van der Waals surface area contributed by atoms with Crippen LogP contribution < -0.4 is 4.74 Å². The number of benzene rings is 1. The molecular formula is C12H13ClO3. The fourth-order valence-corrected chi connectivity index (χ4v) is 1.44. The maximum absolute atomic E-state index is 10.5. The van der Waals surface area contributed by atoms with Gasteiger partial charge in [0.15, 0.2) is 0 Å². The highest BCUT2D eigenvalue weighted by atomic mass is 35.5. The van der Waals surface area contributed by atoms with Crippen molar-refractivity contribution in [3.63, 3.8) is 0 Å². The number of allylic oxidation sites excluding steroid dienone is 1. The first-order valence-electron chi connectivity index (χ1n) is 4.87. The van der Waals surface area contributed by atoms with E-state index < -0.39 is 5.97 Å². The summed E-state index contributed by atoms with van der Waals surface area (Å²) < 4.78 is 5.37. The van der Waals surface area contributed by atoms with Gasteiger partial charge in [0.2, 0.25) is 0 Å². The van der Waals surface area contributed by atoms with E-state index in [1.807, 2.05) is 19.1 Å². The lowest BCUT2D eigenvalue weighted by Crippen LogP contribution is -2.00. The molecule has 1 aromatic carbocycles. The molecule has 1 rings (SSSR count). The topological polar surface area (TPSA) is 46.5 Å². The van der Waals surface area contributed by atoms with Crippen LogP contribution in [0.1, 0.15) is 12.5 Å². The van der Waals surface area contributed by atoms with E-state index >= 15 is 0 Å². The van der Waals surface area contributed by atoms with Crippen LogP contribution in [0.3, 0.4) is 0 Å². The molecule has 0 radical (unpaired) electrons. The zero-order valence-electron chi connectivity index (χ0n) is 8.94. The fourth-order valence-electron chi connectivity index (χ4n) is 1.18. The first kappa shape index (κ1) is 12.6. The van der Waals surface area contributed by atoms with Crippen LogP contribution in [0.2, 0.25) is 5.02 Å². The summed E-state index contributed by atoms with van der Waals surface area (Å²) in [6, 6.07) is 5.00. The number of hydrogen-bond donors (Lipinski definition) is 1. The maximum atomic E-state index is 10.5. The summed E-state index contributed by atoms with van der Waals surface area (Å²) >= 11 is 5.95. The highest BCUT2D eigenvalue weighted by Crippen LogP contribution is 2.25. The summed E-state index contributed by atoms with van der Waals surface area (Å²) in [7, 11) is 0. The van der Waals surface area contributed by atoms with Gasteiger partial charge in [-0.3, -0.25) is 4.79 Å². The molecule has 0 bridgehead atoms. The smallest absolute Gasteiger partial charge is 0.307 e. The average Bonchev–Trinajstić information content (AvgIpc) is 2.20. The van der Waals surface area contributed by atoms with Gasteiger partial charge in [0.25, 0.3) is 0 Å². The van der Waals surface area contributed by atoms with Crippen molar-refractivity contribution in [2.45, 2.75) is 13.3 Å². The van der Waals surface area contributed by atoms with E-state index in [0.717, 1.165) is 0 Å². The van der Waals surface area contributed by atoms with Gasteiger partial charge in [0.05, 0.1) is 11.4 Å². The van der Waals surface area contributed by atoms with Crippen LogP contribution in [-0.4, -0.2) is 17.7 Å². The minimum absolute atomic E-state index is 0.0329. The Labute approximate surface area is 99.3 Å². The molecule has 0 aromatic heterocycles. The Morgan fingerprint density at radius 1 is 1.56 bits per heavy atom. The minimum atomic E-state index is -0.876. The molecule has 0 aliphatic rings. The Kier molecular flexibility index (Phi) is 4.86. The van der Waals surface area contributed by atoms with Crippen molar-refractivity contribution < 1.29 is 14.6 Å². The van der Waals surface area contributed by atoms with Gasteiger partial charge in [-0.05, 0) is 24.6 Å². The van der Waals surface area contributed by atoms with Gasteiger partial charge in [-0.2, -0.15) is 0 Å². The van der Waals surface area contributed by atoms with Gasteiger partial charge in [-0.15, -0.1) is 0 Å². The quantitative estimate of drug-likeness (QED) is 0.805. The zero-order valence-corrected chi connectivity index (χ0v) is 9.70. The van der Waals surface area contributed by atoms with Crippen molar-refractivity contribution in [1.29, 1.82) is 0 Å². The Bertz CT molecular complexity index is 399. The Hall–Kier alpha value is -1.48. The second-order valence-corrected chi connectivity index (χ2v) is 3.62. The predicted octanol–water partition coefficient (Wildman–Crippen LogP) is 2.92. The third kappa shape index (κ3) is 3.95. The van der Waals surface area contributed by atoms with Crippen molar-refractivity contribution in [2.75, 3.05) is 6.61 Å². The van der Waals surface area contributed by atoms with Crippen LogP contribution in [0.15, 0.2) is 30.4 Å². The summed E-state index contributed by atoms with van der Waals surface area (Å²) in [6.07, 6.45) is 3.71. The highest BCUT2D eigenvalue weighted by molar-refractivity contribution is 6.32. The van der Waals surface area contributed by atoms with Crippen LogP contribution in [0.25, 0.3) is 0 Å². The van der Waals surface area contributed by atoms with Gasteiger partial charge in [-0.1, -0.05) is 29.8 Å². The second-order valence-electron chi connectivity index (χ2n) is 3.22. The van der Waals surface area contributed by atoms with E-state index in [1.165, 1.54) is 0 Å². The van der Waals surface area contributed by atoms with Gasteiger partial charge in [0, 0.05) is 0 Å². The normalized spacial score (nSPS) is 10.6. The first-order chi connectivity index (χ1) is 7.63. The number of rotatable bonds is 5. The van der Waals surface area contributed by atoms with E-state index in [-0.39, 0.29) is 6.42 Å². The third-order valence-electron chi connectivity index (χ3n) is 1.92. The van der Waals surface area contributed by atoms with Crippen molar-refractivity contribution in [1.82, 2.24) is 0 Å². The van der Waals surface area contributed by atoms with Crippen molar-refractivity contribution >= 4 is 17.6 Å². The van der Waals surface area contributed by atoms with Gasteiger partial charge in [-0.25, -0.2) is 0 Å². The van der Waals surface area contributed by atoms with Gasteiger partial charge in [0.1, 0.15) is 12.4 Å². The van der Waals surface area contributed by atoms with Crippen LogP contribution in [0, 0.1) is 0 Å². The third-order valence-corrected chi connectivity index (χ3v) is 2.22. The van der Waals surface area contributed by atoms with Gasteiger partial charge < -0.3 is 9.84 Å². The van der Waals surface area contributed by atoms with E-state index in [9.17, 15) is 4.79 Å². The lowest BCUT2D eigenvalue weighted by atomic mass is 10.1. The van der Waals surface area contributed by atoms with E-state index in [1.54, 1.807) is 18.2 Å². The number of halogens is 1. The Balaban J connectivity index is 2.71. The van der Waals surface area contributed by atoms with E-state index in [2.05, 4.69) is 0 Å². The fraction of sp³-hybridized carbons (Fsp3) is 0.250. The van der Waals surface area contributed by atoms with Crippen LogP contribution in [0.4, 0.5) is 0 Å². The van der Waals surface area contributed by atoms with Crippen molar-refractivity contribution in [3.8, 4) is 5.75 Å². The molecule has 0 aliphatic carbocycles. The molecule has 0 atom stereocenters. The summed E-state index contributed by atoms with van der Waals surface area (Å²) in [4.78, 5) is 10.5. The molecule has 4 heteroatoms. The summed E-state index contributed by atoms with van der Waals surface area (Å²) in [5.74, 6) is -0.312. The molecule has 0 aliphatic heterocycles. The van der Waals surface area contributed by atoms with Crippen molar-refractivity contribution in [2.24, 2.45) is 0 Å². The molecule has 0 spiro atoms. The molecule has 1 N–H and O–H groups in total. The van der Waals surface area contributed by atoms with Gasteiger partial charge >= 0.3 is 5.97 Å². The molecular weight excluding hydrogens is 228 g/mol. The minimum Gasteiger partial charge on any atom is -0.488 e. The monoisotopic (exact) mass is 240 g/mol. The van der Waals surface area contributed by atoms with E-state index in [4.69, 9.17) is 21.4 Å². The molecule has 0 saturated carbocycles. The average molecular weight is 241 g/mol. The standard InChI is InChI=1S/C12H13ClO3/c1-2-3-6-16-11-5-4-9(7-10(11)13)8-12(14)15/h2-5,7H,6,8H2,1H3,(H,14,15). The lowest BCUT2D eigenvalue weighted by molar-refractivity contribution is -0.136. The van der Waals surface area contributed by atoms with Crippen LogP contribution >= 0.6 is 11.6 Å². The number of ether oxygens (including phenoxy) is 1. The SMILES string of the molecule is CC=CCOc1ccc(CC(=O)O)cc1Cl. The number of aliphatic carboxylic acids is 1. The van der Waals surface area contributed by atoms with Crippen molar-refractivity contribution in [3.05, 3.63) is 40.9 Å². The number of carboxylic acid groups (broad SMARTS) is 1. The number of carbonyl (C=O) groups is 1. The maximum Gasteiger partial charge on any atom is 0.307 e. The molecule has 0 amide bonds. The first-order valence-corrected chi connectivity index (χ1v) is 5.25. The molecule has 0 fully saturated rings. The molecule has 0 heterocycles. The second kappa shape index (κ2) is 6.18. The zero-order chi connectivity index (χ0) is 12.0. The summed E-state index contributed by atoms with van der Waals surface area (Å²) in [5.41, 5.74) is 0.663. The number of hydrogen-bond acceptors (Lipinski definition) is 2. The molecule has 86 valence electrons. The highest BCUT2D eigenvalue weighted by Gasteiger charge is 2.05. The summed E-state index contributed by atoms with van der Waals surface area (Å²) in [6.45, 7) is 2.36. The molecule has 3 nitrogen and oxygen atoms in total. The lowest BCUT2D eigenvalue weighted by Gasteiger charge is -2.06. The predicted molar refractivity (Wildman–Crippen MR) is 63.1 cm³/mol. The Morgan fingerprint density at radius 3 is 2.88 bits per heavy atom. The summed E-state index contributed by atoms with van der Waals surface area (Å²) in [5, 5.41) is 9.05. The number of carboxylic acids is 1. The molecule has 0 saturated heterocycles. The van der Waals surface area contributed by atoms with Crippen LogP contribution in [-0.2, 0) is 11.2 Å². The molecule has 1 aromatic rings. The van der Waals surface area contributed by atoms with E-state index in [0.29, 0.717) is 22.9 Å². The largest absolute Gasteiger partial charge is 0.488 e. The molecule has 0 unspecified atom stereocenters. The Morgan fingerprint density at radius 2 is 2.31 bits per heavy atom. The van der Waals surface area contributed by atoms with Crippen LogP contribution in [0.5, 0.6) is 5.75 Å².